The Kier molecular flexibility index (Phi) is 6.30. The second kappa shape index (κ2) is 8.53. The van der Waals surface area contributed by atoms with Crippen LogP contribution in [0.3, 0.4) is 0 Å². The van der Waals surface area contributed by atoms with Gasteiger partial charge in [-0.05, 0) is 42.3 Å². The normalized spacial score (nSPS) is 15.5. The second-order valence-corrected chi connectivity index (χ2v) is 7.91. The quantitative estimate of drug-likeness (QED) is 0.721. The topological polar surface area (TPSA) is 32.3 Å². The Bertz CT molecular complexity index is 864. The number of hydrogen-bond acceptors (Lipinski definition) is 3. The molecule has 0 atom stereocenters. The van der Waals surface area contributed by atoms with Gasteiger partial charge in [0.25, 0.3) is 5.91 Å². The summed E-state index contributed by atoms with van der Waals surface area (Å²) < 4.78 is 51.9. The summed E-state index contributed by atoms with van der Waals surface area (Å²) in [7, 11) is 0. The highest BCUT2D eigenvalue weighted by atomic mass is 32.2. The molecule has 1 amide bonds. The lowest BCUT2D eigenvalue weighted by Crippen LogP contribution is -2.31. The van der Waals surface area contributed by atoms with Crippen LogP contribution >= 0.6 is 11.8 Å². The molecular formula is C20H20F4N2OS. The first-order valence-corrected chi connectivity index (χ1v) is 9.97. The average molecular weight is 412 g/mol. The molecule has 0 unspecified atom stereocenters. The highest BCUT2D eigenvalue weighted by molar-refractivity contribution is 7.99. The highest BCUT2D eigenvalue weighted by Gasteiger charge is 2.34. The summed E-state index contributed by atoms with van der Waals surface area (Å²) in [5.41, 5.74) is 0.745. The Hall–Kier alpha value is -2.06. The number of amides is 1. The van der Waals surface area contributed by atoms with Crippen molar-refractivity contribution >= 4 is 23.4 Å². The minimum Gasteiger partial charge on any atom is -0.322 e. The number of nitrogens with one attached hydrogen (secondary N) is 1. The number of benzene rings is 2. The van der Waals surface area contributed by atoms with E-state index in [2.05, 4.69) is 10.2 Å². The van der Waals surface area contributed by atoms with Crippen molar-refractivity contribution in [1.29, 1.82) is 0 Å². The van der Waals surface area contributed by atoms with Crippen molar-refractivity contribution in [2.75, 3.05) is 29.9 Å². The van der Waals surface area contributed by atoms with E-state index in [4.69, 9.17) is 0 Å². The number of aryl methyl sites for hydroxylation is 1. The third-order valence-electron chi connectivity index (χ3n) is 4.58. The maximum absolute atomic E-state index is 13.4. The predicted octanol–water partition coefficient (Wildman–Crippen LogP) is 4.95. The Morgan fingerprint density at radius 3 is 2.50 bits per heavy atom. The fraction of sp³-hybridized carbons (Fsp3) is 0.350. The van der Waals surface area contributed by atoms with Gasteiger partial charge in [0.1, 0.15) is 5.82 Å². The molecule has 150 valence electrons. The third kappa shape index (κ3) is 5.05. The molecule has 0 aliphatic carbocycles. The Morgan fingerprint density at radius 1 is 1.14 bits per heavy atom. The van der Waals surface area contributed by atoms with Gasteiger partial charge in [0.2, 0.25) is 0 Å². The van der Waals surface area contributed by atoms with Crippen LogP contribution in [0.1, 0.15) is 27.0 Å². The first-order chi connectivity index (χ1) is 13.2. The lowest BCUT2D eigenvalue weighted by molar-refractivity contribution is -0.140. The van der Waals surface area contributed by atoms with Crippen LogP contribution in [-0.4, -0.2) is 35.4 Å². The summed E-state index contributed by atoms with van der Waals surface area (Å²) in [6.45, 7) is 4.72. The molecule has 0 aromatic heterocycles. The van der Waals surface area contributed by atoms with Crippen LogP contribution < -0.4 is 5.32 Å². The van der Waals surface area contributed by atoms with Crippen molar-refractivity contribution in [2.45, 2.75) is 19.6 Å². The van der Waals surface area contributed by atoms with E-state index < -0.39 is 23.5 Å². The van der Waals surface area contributed by atoms with Crippen LogP contribution in [0.25, 0.3) is 0 Å². The molecule has 1 aliphatic rings. The van der Waals surface area contributed by atoms with Crippen LogP contribution in [-0.2, 0) is 12.7 Å². The van der Waals surface area contributed by atoms with Crippen molar-refractivity contribution in [1.82, 2.24) is 4.90 Å². The molecule has 0 bridgehead atoms. The van der Waals surface area contributed by atoms with Gasteiger partial charge in [-0.1, -0.05) is 12.1 Å². The molecule has 28 heavy (non-hydrogen) atoms. The fourth-order valence-electron chi connectivity index (χ4n) is 3.06. The van der Waals surface area contributed by atoms with E-state index >= 15 is 0 Å². The number of carbonyl (C=O) groups is 1. The zero-order valence-electron chi connectivity index (χ0n) is 15.3. The smallest absolute Gasteiger partial charge is 0.322 e. The molecule has 1 N–H and O–H groups in total. The Balaban J connectivity index is 1.72. The largest absolute Gasteiger partial charge is 0.419 e. The van der Waals surface area contributed by atoms with Gasteiger partial charge < -0.3 is 5.32 Å². The number of hydrogen-bond donors (Lipinski definition) is 1. The van der Waals surface area contributed by atoms with Crippen LogP contribution in [0.2, 0.25) is 0 Å². The van der Waals surface area contributed by atoms with E-state index in [1.807, 2.05) is 30.8 Å². The van der Waals surface area contributed by atoms with Crippen LogP contribution in [0.5, 0.6) is 0 Å². The first-order valence-electron chi connectivity index (χ1n) is 8.82. The van der Waals surface area contributed by atoms with E-state index in [1.165, 1.54) is 0 Å². The van der Waals surface area contributed by atoms with E-state index in [0.717, 1.165) is 48.3 Å². The number of anilines is 1. The molecule has 0 spiro atoms. The van der Waals surface area contributed by atoms with Gasteiger partial charge in [0.15, 0.2) is 0 Å². The fourth-order valence-corrected chi connectivity index (χ4v) is 4.04. The molecule has 0 saturated carbocycles. The lowest BCUT2D eigenvalue weighted by atomic mass is 10.1. The Labute approximate surface area is 165 Å². The number of rotatable bonds is 4. The number of thioether (sulfide) groups is 1. The van der Waals surface area contributed by atoms with Crippen molar-refractivity contribution < 1.29 is 22.4 Å². The Morgan fingerprint density at radius 2 is 1.86 bits per heavy atom. The molecule has 1 fully saturated rings. The highest BCUT2D eigenvalue weighted by Crippen LogP contribution is 2.32. The molecule has 2 aromatic rings. The van der Waals surface area contributed by atoms with E-state index in [0.29, 0.717) is 17.8 Å². The van der Waals surface area contributed by atoms with Crippen LogP contribution in [0.4, 0.5) is 23.2 Å². The van der Waals surface area contributed by atoms with Crippen LogP contribution in [0, 0.1) is 12.7 Å². The van der Waals surface area contributed by atoms with Gasteiger partial charge >= 0.3 is 6.18 Å². The summed E-state index contributed by atoms with van der Waals surface area (Å²) >= 11 is 1.94. The maximum Gasteiger partial charge on any atom is 0.419 e. The van der Waals surface area contributed by atoms with Crippen LogP contribution in [0.15, 0.2) is 36.4 Å². The lowest BCUT2D eigenvalue weighted by Gasteiger charge is -2.26. The number of carbonyl (C=O) groups excluding carboxylic acids is 1. The monoisotopic (exact) mass is 412 g/mol. The zero-order valence-corrected chi connectivity index (χ0v) is 16.1. The minimum absolute atomic E-state index is 0.247. The van der Waals surface area contributed by atoms with Crippen molar-refractivity contribution in [3.05, 3.63) is 64.5 Å². The van der Waals surface area contributed by atoms with Gasteiger partial charge in [-0.15, -0.1) is 0 Å². The summed E-state index contributed by atoms with van der Waals surface area (Å²) in [6, 6.07) is 7.83. The number of nitrogens with zero attached hydrogens (tertiary/aromatic N) is 1. The standard InChI is InChI=1S/C20H20F4N2OS/c1-13-10-14(12-26-6-8-28-9-7-26)2-5-18(13)25-19(27)15-3-4-17(21)16(11-15)20(22,23)24/h2-5,10-11H,6-9,12H2,1H3,(H,25,27). The minimum atomic E-state index is -4.86. The SMILES string of the molecule is Cc1cc(CN2CCSCC2)ccc1NC(=O)c1ccc(F)c(C(F)(F)F)c1. The summed E-state index contributed by atoms with van der Waals surface area (Å²) in [4.78, 5) is 14.7. The summed E-state index contributed by atoms with van der Waals surface area (Å²) in [6.07, 6.45) is -4.86. The van der Waals surface area contributed by atoms with E-state index in [9.17, 15) is 22.4 Å². The second-order valence-electron chi connectivity index (χ2n) is 6.68. The van der Waals surface area contributed by atoms with Crippen molar-refractivity contribution in [3.63, 3.8) is 0 Å². The van der Waals surface area contributed by atoms with Gasteiger partial charge in [0, 0.05) is 42.4 Å². The molecule has 3 nitrogen and oxygen atoms in total. The molecule has 1 aliphatic heterocycles. The maximum atomic E-state index is 13.4. The van der Waals surface area contributed by atoms with Crippen molar-refractivity contribution in [2.24, 2.45) is 0 Å². The van der Waals surface area contributed by atoms with Crippen molar-refractivity contribution in [3.8, 4) is 0 Å². The van der Waals surface area contributed by atoms with E-state index in [1.54, 1.807) is 6.07 Å². The van der Waals surface area contributed by atoms with Gasteiger partial charge in [-0.2, -0.15) is 24.9 Å². The van der Waals surface area contributed by atoms with Gasteiger partial charge in [-0.25, -0.2) is 4.39 Å². The third-order valence-corrected chi connectivity index (χ3v) is 5.53. The van der Waals surface area contributed by atoms with Gasteiger partial charge in [-0.3, -0.25) is 9.69 Å². The molecule has 1 heterocycles. The molecular weight excluding hydrogens is 392 g/mol. The zero-order chi connectivity index (χ0) is 20.3. The molecule has 2 aromatic carbocycles. The van der Waals surface area contributed by atoms with Gasteiger partial charge in [0.05, 0.1) is 5.56 Å². The summed E-state index contributed by atoms with van der Waals surface area (Å²) in [5, 5.41) is 2.61. The number of halogens is 4. The number of alkyl halides is 3. The molecule has 3 rings (SSSR count). The van der Waals surface area contributed by atoms with E-state index in [-0.39, 0.29) is 5.56 Å². The molecule has 1 saturated heterocycles. The summed E-state index contributed by atoms with van der Waals surface area (Å²) in [5.74, 6) is 0.116. The first kappa shape index (κ1) is 20.7. The molecule has 0 radical (unpaired) electrons. The molecule has 8 heteroatoms. The predicted molar refractivity (Wildman–Crippen MR) is 103 cm³/mol. The average Bonchev–Trinajstić information content (AvgIpc) is 2.64.